The van der Waals surface area contributed by atoms with E-state index in [0.29, 0.717) is 19.4 Å². The molecule has 3 aliphatic heterocycles. The van der Waals surface area contributed by atoms with Crippen LogP contribution in [0.4, 0.5) is 0 Å². The summed E-state index contributed by atoms with van der Waals surface area (Å²) in [6, 6.07) is -2.26. The lowest BCUT2D eigenvalue weighted by Gasteiger charge is -2.39. The number of likely N-dealkylation sites (tertiary alicyclic amines) is 1. The zero-order chi connectivity index (χ0) is 21.0. The molecule has 0 bridgehead atoms. The van der Waals surface area contributed by atoms with E-state index in [1.165, 1.54) is 23.6 Å². The first kappa shape index (κ1) is 21.0. The van der Waals surface area contributed by atoms with Gasteiger partial charge in [-0.05, 0) is 32.6 Å². The van der Waals surface area contributed by atoms with Crippen molar-refractivity contribution < 1.29 is 27.9 Å². The lowest BCUT2D eigenvalue weighted by molar-refractivity contribution is -0.155. The number of hydrogen-bond donors (Lipinski definition) is 2. The van der Waals surface area contributed by atoms with Crippen molar-refractivity contribution in [2.45, 2.75) is 75.2 Å². The highest BCUT2D eigenvalue weighted by molar-refractivity contribution is 7.93. The van der Waals surface area contributed by atoms with Gasteiger partial charge in [0.25, 0.3) is 0 Å². The van der Waals surface area contributed by atoms with E-state index in [-0.39, 0.29) is 30.8 Å². The van der Waals surface area contributed by atoms with Crippen molar-refractivity contribution in [3.05, 3.63) is 0 Å². The first-order valence-electron chi connectivity index (χ1n) is 9.71. The molecule has 10 heteroatoms. The maximum absolute atomic E-state index is 13.3. The van der Waals surface area contributed by atoms with E-state index in [1.54, 1.807) is 0 Å². The van der Waals surface area contributed by atoms with Crippen LogP contribution in [-0.4, -0.2) is 82.4 Å². The summed E-state index contributed by atoms with van der Waals surface area (Å²) >= 11 is 0. The number of aliphatic hydroxyl groups is 1. The van der Waals surface area contributed by atoms with Crippen LogP contribution in [0.15, 0.2) is 0 Å². The van der Waals surface area contributed by atoms with Crippen LogP contribution in [0.25, 0.3) is 0 Å². The second-order valence-electron chi connectivity index (χ2n) is 8.74. The monoisotopic (exact) mass is 415 g/mol. The number of carbonyl (C=O) groups excluding carboxylic acids is 3. The predicted octanol–water partition coefficient (Wildman–Crippen LogP) is -0.755. The molecule has 2 N–H and O–H groups in total. The Morgan fingerprint density at radius 3 is 2.50 bits per heavy atom. The van der Waals surface area contributed by atoms with Gasteiger partial charge >= 0.3 is 0 Å². The van der Waals surface area contributed by atoms with E-state index in [1.807, 2.05) is 13.8 Å². The molecule has 3 fully saturated rings. The summed E-state index contributed by atoms with van der Waals surface area (Å²) in [5.74, 6) is -1.17. The minimum absolute atomic E-state index is 0.0258. The Hall–Kier alpha value is -1.68. The smallest absolute Gasteiger partial charge is 0.247 e. The Morgan fingerprint density at radius 1 is 1.32 bits per heavy atom. The summed E-state index contributed by atoms with van der Waals surface area (Å²) < 4.78 is 24.1. The molecular weight excluding hydrogens is 386 g/mol. The molecule has 3 heterocycles. The van der Waals surface area contributed by atoms with Crippen LogP contribution in [0.1, 0.15) is 47.0 Å². The van der Waals surface area contributed by atoms with Crippen LogP contribution in [0.3, 0.4) is 0 Å². The maximum atomic E-state index is 13.3. The van der Waals surface area contributed by atoms with Crippen molar-refractivity contribution in [3.63, 3.8) is 0 Å². The fraction of sp³-hybridized carbons (Fsp3) is 0.833. The summed E-state index contributed by atoms with van der Waals surface area (Å²) in [6.07, 6.45) is 0.990. The van der Waals surface area contributed by atoms with E-state index in [2.05, 4.69) is 5.32 Å². The molecule has 0 radical (unpaired) electrons. The SMILES string of the molecule is CC(C)C(CO)NC(=O)C1CCCN1C(=O)C1N2C(=O)CC2S(=O)(=O)C1(C)C. The number of sulfone groups is 1. The second-order valence-corrected chi connectivity index (χ2v) is 11.4. The standard InChI is InChI=1S/C18H29N3O6S/c1-10(2)11(9-22)19-16(24)12-6-5-7-20(12)17(25)15-18(3,4)28(26,27)14-8-13(23)21(14)15/h10-12,14-15,22H,5-9H2,1-4H3,(H,19,24). The molecule has 3 rings (SSSR count). The molecule has 3 aliphatic rings. The molecule has 3 amide bonds. The third-order valence-corrected chi connectivity index (χ3v) is 9.18. The highest BCUT2D eigenvalue weighted by Crippen LogP contribution is 2.46. The van der Waals surface area contributed by atoms with Crippen LogP contribution >= 0.6 is 0 Å². The Bertz CT molecular complexity index is 793. The van der Waals surface area contributed by atoms with Crippen molar-refractivity contribution in [1.82, 2.24) is 15.1 Å². The lowest BCUT2D eigenvalue weighted by atomic mass is 9.96. The van der Waals surface area contributed by atoms with Crippen molar-refractivity contribution in [2.24, 2.45) is 5.92 Å². The minimum Gasteiger partial charge on any atom is -0.394 e. The van der Waals surface area contributed by atoms with Gasteiger partial charge in [-0.15, -0.1) is 0 Å². The van der Waals surface area contributed by atoms with E-state index >= 15 is 0 Å². The number of β-lactam (4-membered cyclic amide) rings is 1. The molecule has 158 valence electrons. The first-order chi connectivity index (χ1) is 12.9. The number of nitrogens with zero attached hydrogens (tertiary/aromatic N) is 2. The molecule has 9 nitrogen and oxygen atoms in total. The molecule has 0 aromatic carbocycles. The number of carbonyl (C=O) groups is 3. The average molecular weight is 416 g/mol. The van der Waals surface area contributed by atoms with Gasteiger partial charge in [-0.2, -0.15) is 0 Å². The minimum atomic E-state index is -3.67. The van der Waals surface area contributed by atoms with E-state index < -0.39 is 44.0 Å². The van der Waals surface area contributed by atoms with Crippen LogP contribution in [0.5, 0.6) is 0 Å². The van der Waals surface area contributed by atoms with E-state index in [9.17, 15) is 27.9 Å². The van der Waals surface area contributed by atoms with Gasteiger partial charge < -0.3 is 20.2 Å². The topological polar surface area (TPSA) is 124 Å². The van der Waals surface area contributed by atoms with Gasteiger partial charge in [0.1, 0.15) is 17.5 Å². The largest absolute Gasteiger partial charge is 0.394 e. The fourth-order valence-electron chi connectivity index (χ4n) is 4.39. The zero-order valence-corrected chi connectivity index (χ0v) is 17.5. The predicted molar refractivity (Wildman–Crippen MR) is 101 cm³/mol. The van der Waals surface area contributed by atoms with E-state index in [0.717, 1.165) is 0 Å². The van der Waals surface area contributed by atoms with Crippen LogP contribution < -0.4 is 5.32 Å². The Balaban J connectivity index is 1.83. The van der Waals surface area contributed by atoms with Gasteiger partial charge in [0.2, 0.25) is 17.7 Å². The van der Waals surface area contributed by atoms with Crippen molar-refractivity contribution in [2.75, 3.05) is 13.2 Å². The maximum Gasteiger partial charge on any atom is 0.247 e. The summed E-state index contributed by atoms with van der Waals surface area (Å²) in [5, 5.41) is 11.3. The lowest BCUT2D eigenvalue weighted by Crippen LogP contribution is -2.62. The summed E-state index contributed by atoms with van der Waals surface area (Å²) in [5.41, 5.74) is 0. The molecule has 0 aromatic rings. The number of nitrogens with one attached hydrogen (secondary N) is 1. The van der Waals surface area contributed by atoms with Crippen LogP contribution in [0, 0.1) is 5.92 Å². The number of hydrogen-bond acceptors (Lipinski definition) is 6. The first-order valence-corrected chi connectivity index (χ1v) is 11.3. The molecule has 0 aliphatic carbocycles. The Morgan fingerprint density at radius 2 is 1.96 bits per heavy atom. The normalized spacial score (nSPS) is 31.5. The zero-order valence-electron chi connectivity index (χ0n) is 16.7. The van der Waals surface area contributed by atoms with Crippen molar-refractivity contribution in [3.8, 4) is 0 Å². The number of amides is 3. The fourth-order valence-corrected chi connectivity index (χ4v) is 6.52. The molecule has 28 heavy (non-hydrogen) atoms. The number of fused-ring (bicyclic) bond motifs is 1. The van der Waals surface area contributed by atoms with E-state index in [4.69, 9.17) is 0 Å². The Kier molecular flexibility index (Phi) is 5.24. The third-order valence-electron chi connectivity index (χ3n) is 6.38. The highest BCUT2D eigenvalue weighted by atomic mass is 32.2. The molecular formula is C18H29N3O6S. The number of rotatable bonds is 5. The van der Waals surface area contributed by atoms with Gasteiger partial charge in [-0.25, -0.2) is 8.42 Å². The summed E-state index contributed by atoms with van der Waals surface area (Å²) in [6.45, 7) is 6.83. The molecule has 3 saturated heterocycles. The summed E-state index contributed by atoms with van der Waals surface area (Å²) in [7, 11) is -3.67. The van der Waals surface area contributed by atoms with Crippen LogP contribution in [-0.2, 0) is 24.2 Å². The molecule has 4 unspecified atom stereocenters. The molecule has 4 atom stereocenters. The van der Waals surface area contributed by atoms with Crippen molar-refractivity contribution in [1.29, 1.82) is 0 Å². The van der Waals surface area contributed by atoms with Crippen molar-refractivity contribution >= 4 is 27.6 Å². The molecule has 0 saturated carbocycles. The Labute approximate surface area is 165 Å². The van der Waals surface area contributed by atoms with Gasteiger partial charge in [0, 0.05) is 6.54 Å². The third kappa shape index (κ3) is 2.92. The van der Waals surface area contributed by atoms with Gasteiger partial charge in [-0.1, -0.05) is 13.8 Å². The van der Waals surface area contributed by atoms with Gasteiger partial charge in [0.15, 0.2) is 9.84 Å². The van der Waals surface area contributed by atoms with Gasteiger partial charge in [-0.3, -0.25) is 14.4 Å². The quantitative estimate of drug-likeness (QED) is 0.569. The van der Waals surface area contributed by atoms with Gasteiger partial charge in [0.05, 0.1) is 23.8 Å². The highest BCUT2D eigenvalue weighted by Gasteiger charge is 2.68. The molecule has 0 spiro atoms. The summed E-state index contributed by atoms with van der Waals surface area (Å²) in [4.78, 5) is 40.7. The molecule has 0 aromatic heterocycles. The number of aliphatic hydroxyl groups excluding tert-OH is 1. The van der Waals surface area contributed by atoms with Crippen LogP contribution in [0.2, 0.25) is 0 Å². The average Bonchev–Trinajstić information content (AvgIpc) is 3.13. The second kappa shape index (κ2) is 6.98.